The van der Waals surface area contributed by atoms with Gasteiger partial charge in [-0.05, 0) is 24.0 Å². The maximum Gasteiger partial charge on any atom is 0.173 e. The van der Waals surface area contributed by atoms with Gasteiger partial charge in [0, 0.05) is 24.3 Å². The molecule has 3 nitrogen and oxygen atoms in total. The third kappa shape index (κ3) is 2.31. The minimum atomic E-state index is -0.543. The van der Waals surface area contributed by atoms with Gasteiger partial charge in [-0.2, -0.15) is 0 Å². The van der Waals surface area contributed by atoms with Gasteiger partial charge in [0.15, 0.2) is 5.79 Å². The highest BCUT2D eigenvalue weighted by molar-refractivity contribution is 5.42. The molecule has 1 heterocycles. The molecule has 2 aliphatic rings. The molecule has 2 fully saturated rings. The second-order valence-corrected chi connectivity index (χ2v) is 6.85. The number of nitrogens with two attached hydrogens (primary N) is 1. The Labute approximate surface area is 143 Å². The summed E-state index contributed by atoms with van der Waals surface area (Å²) in [6, 6.07) is 21.5. The molecular weight excluding hydrogens is 298 g/mol. The van der Waals surface area contributed by atoms with E-state index in [2.05, 4.69) is 60.7 Å². The Morgan fingerprint density at radius 3 is 1.88 bits per heavy atom. The van der Waals surface area contributed by atoms with Crippen molar-refractivity contribution in [2.24, 2.45) is 11.7 Å². The topological polar surface area (TPSA) is 44.5 Å². The van der Waals surface area contributed by atoms with E-state index in [0.29, 0.717) is 19.8 Å². The first-order chi connectivity index (χ1) is 11.8. The Hall–Kier alpha value is -1.68. The highest BCUT2D eigenvalue weighted by atomic mass is 16.7. The Morgan fingerprint density at radius 2 is 1.38 bits per heavy atom. The van der Waals surface area contributed by atoms with Gasteiger partial charge in [-0.3, -0.25) is 0 Å². The van der Waals surface area contributed by atoms with Gasteiger partial charge in [-0.25, -0.2) is 0 Å². The van der Waals surface area contributed by atoms with E-state index in [9.17, 15) is 0 Å². The number of benzene rings is 2. The van der Waals surface area contributed by atoms with E-state index in [0.717, 1.165) is 19.3 Å². The molecule has 1 spiro atoms. The number of ether oxygens (including phenoxy) is 2. The Morgan fingerprint density at radius 1 is 0.833 bits per heavy atom. The Balaban J connectivity index is 1.92. The Bertz CT molecular complexity index is 625. The predicted molar refractivity (Wildman–Crippen MR) is 94.7 cm³/mol. The van der Waals surface area contributed by atoms with Gasteiger partial charge in [0.25, 0.3) is 0 Å². The van der Waals surface area contributed by atoms with E-state index < -0.39 is 5.79 Å². The molecule has 0 bridgehead atoms. The zero-order valence-electron chi connectivity index (χ0n) is 14.0. The monoisotopic (exact) mass is 323 g/mol. The Kier molecular flexibility index (Phi) is 4.17. The molecule has 0 amide bonds. The average Bonchev–Trinajstić information content (AvgIpc) is 3.11. The van der Waals surface area contributed by atoms with Crippen LogP contribution in [0.4, 0.5) is 0 Å². The smallest absolute Gasteiger partial charge is 0.173 e. The molecule has 1 aliphatic carbocycles. The molecule has 3 heteroatoms. The summed E-state index contributed by atoms with van der Waals surface area (Å²) in [5.74, 6) is -0.440. The van der Waals surface area contributed by atoms with E-state index in [4.69, 9.17) is 15.2 Å². The molecule has 0 aromatic heterocycles. The van der Waals surface area contributed by atoms with Crippen molar-refractivity contribution >= 4 is 0 Å². The quantitative estimate of drug-likeness (QED) is 0.940. The van der Waals surface area contributed by atoms with Gasteiger partial charge in [0.2, 0.25) is 0 Å². The van der Waals surface area contributed by atoms with E-state index in [1.807, 2.05) is 0 Å². The highest BCUT2D eigenvalue weighted by Gasteiger charge is 2.57. The van der Waals surface area contributed by atoms with Crippen molar-refractivity contribution in [2.45, 2.75) is 30.5 Å². The van der Waals surface area contributed by atoms with Crippen molar-refractivity contribution in [1.82, 2.24) is 0 Å². The fourth-order valence-electron chi connectivity index (χ4n) is 4.86. The van der Waals surface area contributed by atoms with E-state index in [1.54, 1.807) is 0 Å². The number of hydrogen-bond donors (Lipinski definition) is 1. The van der Waals surface area contributed by atoms with Gasteiger partial charge < -0.3 is 15.2 Å². The van der Waals surface area contributed by atoms with Crippen LogP contribution in [0.1, 0.15) is 30.4 Å². The lowest BCUT2D eigenvalue weighted by Gasteiger charge is -2.52. The molecule has 0 radical (unpaired) electrons. The van der Waals surface area contributed by atoms with Gasteiger partial charge in [-0.1, -0.05) is 60.7 Å². The van der Waals surface area contributed by atoms with E-state index in [1.165, 1.54) is 11.1 Å². The van der Waals surface area contributed by atoms with E-state index >= 15 is 0 Å². The van der Waals surface area contributed by atoms with Crippen LogP contribution in [0, 0.1) is 5.92 Å². The largest absolute Gasteiger partial charge is 0.347 e. The predicted octanol–water partition coefficient (Wildman–Crippen LogP) is 3.47. The summed E-state index contributed by atoms with van der Waals surface area (Å²) in [4.78, 5) is 0. The van der Waals surface area contributed by atoms with Crippen LogP contribution in [0.3, 0.4) is 0 Å². The lowest BCUT2D eigenvalue weighted by molar-refractivity contribution is -0.224. The lowest BCUT2D eigenvalue weighted by Crippen LogP contribution is -2.57. The molecule has 126 valence electrons. The van der Waals surface area contributed by atoms with Crippen LogP contribution >= 0.6 is 0 Å². The maximum absolute atomic E-state index is 6.35. The third-order valence-electron chi connectivity index (χ3n) is 5.81. The fourth-order valence-corrected chi connectivity index (χ4v) is 4.86. The van der Waals surface area contributed by atoms with Crippen LogP contribution in [0.25, 0.3) is 0 Å². The summed E-state index contributed by atoms with van der Waals surface area (Å²) in [6.45, 7) is 1.87. The molecule has 2 N–H and O–H groups in total. The summed E-state index contributed by atoms with van der Waals surface area (Å²) in [5, 5.41) is 0. The normalized spacial score (nSPS) is 25.0. The van der Waals surface area contributed by atoms with Crippen molar-refractivity contribution in [3.63, 3.8) is 0 Å². The summed E-state index contributed by atoms with van der Waals surface area (Å²) in [5.41, 5.74) is 8.80. The first kappa shape index (κ1) is 15.8. The molecular formula is C21H25NO2. The molecule has 2 aromatic rings. The SMILES string of the molecule is NC[C@H]1C2(CCCC1(c1ccccc1)c1ccccc1)OCCO2. The second-order valence-electron chi connectivity index (χ2n) is 6.85. The van der Waals surface area contributed by atoms with Crippen LogP contribution in [-0.4, -0.2) is 25.5 Å². The standard InChI is InChI=1S/C21H25NO2/c22-16-19-20(17-8-3-1-4-9-17,18-10-5-2-6-11-18)12-7-13-21(19)23-14-15-24-21/h1-6,8-11,19H,7,12-16,22H2/t19-/m1/s1. The molecule has 0 unspecified atom stereocenters. The number of hydrogen-bond acceptors (Lipinski definition) is 3. The van der Waals surface area contributed by atoms with Gasteiger partial charge in [-0.15, -0.1) is 0 Å². The summed E-state index contributed by atoms with van der Waals surface area (Å²) in [6.07, 6.45) is 3.06. The second kappa shape index (κ2) is 6.32. The fraction of sp³-hybridized carbons (Fsp3) is 0.429. The minimum absolute atomic E-state index is 0.103. The van der Waals surface area contributed by atoms with Crippen LogP contribution in [0.2, 0.25) is 0 Å². The molecule has 1 saturated carbocycles. The van der Waals surface area contributed by atoms with E-state index in [-0.39, 0.29) is 11.3 Å². The molecule has 24 heavy (non-hydrogen) atoms. The van der Waals surface area contributed by atoms with Crippen LogP contribution in [0.15, 0.2) is 60.7 Å². The molecule has 4 rings (SSSR count). The highest BCUT2D eigenvalue weighted by Crippen LogP contribution is 2.54. The number of rotatable bonds is 3. The van der Waals surface area contributed by atoms with Crippen molar-refractivity contribution < 1.29 is 9.47 Å². The van der Waals surface area contributed by atoms with Crippen LogP contribution in [0.5, 0.6) is 0 Å². The summed E-state index contributed by atoms with van der Waals surface area (Å²) in [7, 11) is 0. The summed E-state index contributed by atoms with van der Waals surface area (Å²) >= 11 is 0. The average molecular weight is 323 g/mol. The van der Waals surface area contributed by atoms with Crippen molar-refractivity contribution in [2.75, 3.05) is 19.8 Å². The first-order valence-electron chi connectivity index (χ1n) is 8.91. The van der Waals surface area contributed by atoms with Crippen molar-refractivity contribution in [1.29, 1.82) is 0 Å². The van der Waals surface area contributed by atoms with Crippen LogP contribution in [-0.2, 0) is 14.9 Å². The van der Waals surface area contributed by atoms with Gasteiger partial charge in [0.1, 0.15) is 0 Å². The van der Waals surface area contributed by atoms with Crippen LogP contribution < -0.4 is 5.73 Å². The zero-order chi connectivity index (χ0) is 16.5. The first-order valence-corrected chi connectivity index (χ1v) is 8.91. The van der Waals surface area contributed by atoms with Crippen molar-refractivity contribution in [3.05, 3.63) is 71.8 Å². The van der Waals surface area contributed by atoms with Gasteiger partial charge in [0.05, 0.1) is 13.2 Å². The third-order valence-corrected chi connectivity index (χ3v) is 5.81. The van der Waals surface area contributed by atoms with Gasteiger partial charge >= 0.3 is 0 Å². The summed E-state index contributed by atoms with van der Waals surface area (Å²) < 4.78 is 12.4. The molecule has 1 atom stereocenters. The van der Waals surface area contributed by atoms with Crippen molar-refractivity contribution in [3.8, 4) is 0 Å². The molecule has 1 aliphatic heterocycles. The zero-order valence-corrected chi connectivity index (χ0v) is 14.0. The maximum atomic E-state index is 6.35. The lowest BCUT2D eigenvalue weighted by atomic mass is 9.57. The minimum Gasteiger partial charge on any atom is -0.347 e. The molecule has 2 aromatic carbocycles. The molecule has 1 saturated heterocycles.